The molecular weight excluding hydrogens is 260 g/mol. The summed E-state index contributed by atoms with van der Waals surface area (Å²) in [6.45, 7) is 1.83. The number of sulfonamides is 1. The van der Waals surface area contributed by atoms with Crippen molar-refractivity contribution in [1.29, 1.82) is 0 Å². The van der Waals surface area contributed by atoms with E-state index in [2.05, 4.69) is 5.32 Å². The molecule has 0 atom stereocenters. The number of carboxylic acids is 1. The average molecular weight is 278 g/mol. The van der Waals surface area contributed by atoms with Gasteiger partial charge in [-0.2, -0.15) is 0 Å². The number of nitrogens with zero attached hydrogens (tertiary/aromatic N) is 1. The lowest BCUT2D eigenvalue weighted by molar-refractivity contribution is -0.138. The molecule has 0 saturated carbocycles. The molecule has 0 aliphatic carbocycles. The second-order valence-corrected chi connectivity index (χ2v) is 6.44. The molecule has 0 aromatic heterocycles. The smallest absolute Gasteiger partial charge is 0.322 e. The minimum atomic E-state index is -3.19. The summed E-state index contributed by atoms with van der Waals surface area (Å²) in [6.07, 6.45) is 0.870. The number of piperidine rings is 1. The van der Waals surface area contributed by atoms with Crippen molar-refractivity contribution in [2.75, 3.05) is 25.4 Å². The van der Waals surface area contributed by atoms with E-state index >= 15 is 0 Å². The zero-order valence-corrected chi connectivity index (χ0v) is 11.1. The summed E-state index contributed by atoms with van der Waals surface area (Å²) in [7, 11) is -3.19. The highest BCUT2D eigenvalue weighted by atomic mass is 32.2. The molecule has 104 valence electrons. The molecule has 1 heterocycles. The number of carbonyl (C=O) groups excluding carboxylic acids is 1. The van der Waals surface area contributed by atoms with E-state index in [0.29, 0.717) is 25.9 Å². The van der Waals surface area contributed by atoms with Crippen LogP contribution in [0.4, 0.5) is 0 Å². The van der Waals surface area contributed by atoms with E-state index < -0.39 is 22.5 Å². The predicted octanol–water partition coefficient (Wildman–Crippen LogP) is -0.751. The van der Waals surface area contributed by atoms with Crippen LogP contribution in [0.2, 0.25) is 0 Å². The first-order valence-electron chi connectivity index (χ1n) is 5.84. The molecule has 2 N–H and O–H groups in total. The number of hydrogen-bond donors (Lipinski definition) is 2. The SMILES string of the molecule is CCS(=O)(=O)N1CCC(C(=O)NCC(=O)O)CC1. The van der Waals surface area contributed by atoms with E-state index in [9.17, 15) is 18.0 Å². The van der Waals surface area contributed by atoms with Gasteiger partial charge in [0.2, 0.25) is 15.9 Å². The maximum atomic E-state index is 11.6. The average Bonchev–Trinajstić information content (AvgIpc) is 2.36. The van der Waals surface area contributed by atoms with Gasteiger partial charge in [0, 0.05) is 19.0 Å². The van der Waals surface area contributed by atoms with Gasteiger partial charge in [-0.05, 0) is 19.8 Å². The molecule has 0 spiro atoms. The number of hydrogen-bond acceptors (Lipinski definition) is 4. The van der Waals surface area contributed by atoms with Gasteiger partial charge in [-0.1, -0.05) is 0 Å². The summed E-state index contributed by atoms with van der Waals surface area (Å²) in [5.74, 6) is -1.64. The van der Waals surface area contributed by atoms with Gasteiger partial charge in [0.15, 0.2) is 0 Å². The Morgan fingerprint density at radius 1 is 1.33 bits per heavy atom. The molecule has 1 fully saturated rings. The van der Waals surface area contributed by atoms with Crippen LogP contribution in [0.25, 0.3) is 0 Å². The molecule has 7 nitrogen and oxygen atoms in total. The number of aliphatic carboxylic acids is 1. The monoisotopic (exact) mass is 278 g/mol. The third-order valence-electron chi connectivity index (χ3n) is 3.00. The lowest BCUT2D eigenvalue weighted by Gasteiger charge is -2.30. The number of nitrogens with one attached hydrogen (secondary N) is 1. The van der Waals surface area contributed by atoms with E-state index in [1.54, 1.807) is 6.92 Å². The molecule has 1 amide bonds. The second kappa shape index (κ2) is 6.14. The quantitative estimate of drug-likeness (QED) is 0.688. The zero-order valence-electron chi connectivity index (χ0n) is 10.3. The Morgan fingerprint density at radius 2 is 1.89 bits per heavy atom. The van der Waals surface area contributed by atoms with E-state index in [-0.39, 0.29) is 17.6 Å². The van der Waals surface area contributed by atoms with E-state index in [1.165, 1.54) is 4.31 Å². The molecular formula is C10H18N2O5S. The van der Waals surface area contributed by atoms with Crippen molar-refractivity contribution in [3.05, 3.63) is 0 Å². The van der Waals surface area contributed by atoms with Gasteiger partial charge in [-0.25, -0.2) is 12.7 Å². The van der Waals surface area contributed by atoms with Crippen molar-refractivity contribution in [2.45, 2.75) is 19.8 Å². The Labute approximate surface area is 106 Å². The molecule has 0 unspecified atom stereocenters. The van der Waals surface area contributed by atoms with Crippen LogP contribution in [0.15, 0.2) is 0 Å². The van der Waals surface area contributed by atoms with Crippen LogP contribution in [0.1, 0.15) is 19.8 Å². The van der Waals surface area contributed by atoms with Gasteiger partial charge >= 0.3 is 5.97 Å². The molecule has 1 saturated heterocycles. The highest BCUT2D eigenvalue weighted by molar-refractivity contribution is 7.89. The molecule has 1 aliphatic rings. The molecule has 0 aromatic carbocycles. The van der Waals surface area contributed by atoms with Gasteiger partial charge < -0.3 is 10.4 Å². The van der Waals surface area contributed by atoms with E-state index in [1.807, 2.05) is 0 Å². The Kier molecular flexibility index (Phi) is 5.09. The first-order chi connectivity index (χ1) is 8.36. The number of carbonyl (C=O) groups is 2. The van der Waals surface area contributed by atoms with Gasteiger partial charge in [0.25, 0.3) is 0 Å². The number of rotatable bonds is 5. The predicted molar refractivity (Wildman–Crippen MR) is 64.4 cm³/mol. The normalized spacial score (nSPS) is 18.5. The fourth-order valence-electron chi connectivity index (χ4n) is 1.89. The Morgan fingerprint density at radius 3 is 2.33 bits per heavy atom. The molecule has 0 bridgehead atoms. The molecule has 0 aromatic rings. The van der Waals surface area contributed by atoms with Crippen molar-refractivity contribution in [2.24, 2.45) is 5.92 Å². The van der Waals surface area contributed by atoms with Gasteiger partial charge in [0.05, 0.1) is 5.75 Å². The lowest BCUT2D eigenvalue weighted by Crippen LogP contribution is -2.44. The summed E-state index contributed by atoms with van der Waals surface area (Å²) in [4.78, 5) is 21.9. The summed E-state index contributed by atoms with van der Waals surface area (Å²) in [5.41, 5.74) is 0. The standard InChI is InChI=1S/C10H18N2O5S/c1-2-18(16,17)12-5-3-8(4-6-12)10(15)11-7-9(13)14/h8H,2-7H2,1H3,(H,11,15)(H,13,14). The topological polar surface area (TPSA) is 104 Å². The van der Waals surface area contributed by atoms with Crippen LogP contribution >= 0.6 is 0 Å². The molecule has 8 heteroatoms. The molecule has 1 aliphatic heterocycles. The fourth-order valence-corrected chi connectivity index (χ4v) is 3.02. The van der Waals surface area contributed by atoms with Crippen molar-refractivity contribution >= 4 is 21.9 Å². The third kappa shape index (κ3) is 3.95. The lowest BCUT2D eigenvalue weighted by atomic mass is 9.97. The summed E-state index contributed by atoms with van der Waals surface area (Å²) in [5, 5.41) is 10.8. The Balaban J connectivity index is 2.44. The fraction of sp³-hybridized carbons (Fsp3) is 0.800. The van der Waals surface area contributed by atoms with Gasteiger partial charge in [0.1, 0.15) is 6.54 Å². The number of amides is 1. The second-order valence-electron chi connectivity index (χ2n) is 4.19. The van der Waals surface area contributed by atoms with E-state index in [0.717, 1.165) is 0 Å². The van der Waals surface area contributed by atoms with Crippen LogP contribution in [-0.2, 0) is 19.6 Å². The Bertz CT molecular complexity index is 412. The van der Waals surface area contributed by atoms with Crippen molar-refractivity contribution in [3.8, 4) is 0 Å². The van der Waals surface area contributed by atoms with Crippen LogP contribution in [0.3, 0.4) is 0 Å². The highest BCUT2D eigenvalue weighted by Gasteiger charge is 2.30. The van der Waals surface area contributed by atoms with Crippen LogP contribution in [0, 0.1) is 5.92 Å². The molecule has 18 heavy (non-hydrogen) atoms. The van der Waals surface area contributed by atoms with Crippen molar-refractivity contribution < 1.29 is 23.1 Å². The summed E-state index contributed by atoms with van der Waals surface area (Å²) in [6, 6.07) is 0. The maximum absolute atomic E-state index is 11.6. The minimum absolute atomic E-state index is 0.0584. The van der Waals surface area contributed by atoms with Gasteiger partial charge in [-0.3, -0.25) is 9.59 Å². The summed E-state index contributed by atoms with van der Waals surface area (Å²) >= 11 is 0. The summed E-state index contributed by atoms with van der Waals surface area (Å²) < 4.78 is 24.6. The molecule has 0 radical (unpaired) electrons. The van der Waals surface area contributed by atoms with Crippen LogP contribution < -0.4 is 5.32 Å². The largest absolute Gasteiger partial charge is 0.480 e. The number of carboxylic acid groups (broad SMARTS) is 1. The first-order valence-corrected chi connectivity index (χ1v) is 7.45. The van der Waals surface area contributed by atoms with Gasteiger partial charge in [-0.15, -0.1) is 0 Å². The van der Waals surface area contributed by atoms with Crippen LogP contribution in [-0.4, -0.2) is 55.1 Å². The maximum Gasteiger partial charge on any atom is 0.322 e. The van der Waals surface area contributed by atoms with Crippen molar-refractivity contribution in [3.63, 3.8) is 0 Å². The molecule has 1 rings (SSSR count). The minimum Gasteiger partial charge on any atom is -0.480 e. The third-order valence-corrected chi connectivity index (χ3v) is 4.88. The zero-order chi connectivity index (χ0) is 13.8. The van der Waals surface area contributed by atoms with Crippen LogP contribution in [0.5, 0.6) is 0 Å². The van der Waals surface area contributed by atoms with Crippen molar-refractivity contribution in [1.82, 2.24) is 9.62 Å². The first kappa shape index (κ1) is 14.9. The Hall–Kier alpha value is -1.15. The highest BCUT2D eigenvalue weighted by Crippen LogP contribution is 2.19. The van der Waals surface area contributed by atoms with E-state index in [4.69, 9.17) is 5.11 Å².